The number of ether oxygens (including phenoxy) is 1. The number of carbonyl (C=O) groups is 1. The molecule has 0 radical (unpaired) electrons. The SMILES string of the molecule is C/C(CC/N=C/C(C)C)=C1\OCC(=O)N1C(C)C. The molecule has 18 heavy (non-hydrogen) atoms. The van der Waals surface area contributed by atoms with Crippen LogP contribution in [-0.4, -0.2) is 36.2 Å². The van der Waals surface area contributed by atoms with Crippen molar-refractivity contribution in [3.8, 4) is 0 Å². The van der Waals surface area contributed by atoms with Gasteiger partial charge >= 0.3 is 0 Å². The van der Waals surface area contributed by atoms with Crippen molar-refractivity contribution in [2.45, 2.75) is 47.1 Å². The average Bonchev–Trinajstić information content (AvgIpc) is 2.66. The van der Waals surface area contributed by atoms with Crippen LogP contribution in [0.15, 0.2) is 16.4 Å². The molecule has 1 fully saturated rings. The van der Waals surface area contributed by atoms with E-state index in [0.29, 0.717) is 5.92 Å². The molecule has 0 aromatic rings. The normalized spacial score (nSPS) is 19.3. The third-order valence-electron chi connectivity index (χ3n) is 2.72. The lowest BCUT2D eigenvalue weighted by Crippen LogP contribution is -2.32. The number of amides is 1. The molecule has 1 rings (SSSR count). The van der Waals surface area contributed by atoms with Crippen molar-refractivity contribution in [3.63, 3.8) is 0 Å². The molecule has 1 saturated heterocycles. The molecular weight excluding hydrogens is 228 g/mol. The summed E-state index contributed by atoms with van der Waals surface area (Å²) in [5.41, 5.74) is 1.09. The van der Waals surface area contributed by atoms with Gasteiger partial charge in [-0.1, -0.05) is 13.8 Å². The highest BCUT2D eigenvalue weighted by molar-refractivity contribution is 5.81. The van der Waals surface area contributed by atoms with E-state index >= 15 is 0 Å². The molecule has 1 aliphatic rings. The fourth-order valence-electron chi connectivity index (χ4n) is 1.86. The van der Waals surface area contributed by atoms with Crippen molar-refractivity contribution in [1.29, 1.82) is 0 Å². The summed E-state index contributed by atoms with van der Waals surface area (Å²) in [6, 6.07) is 0.143. The number of rotatable bonds is 5. The van der Waals surface area contributed by atoms with Crippen LogP contribution in [-0.2, 0) is 9.53 Å². The molecule has 102 valence electrons. The molecular formula is C14H24N2O2. The lowest BCUT2D eigenvalue weighted by molar-refractivity contribution is -0.127. The molecule has 0 aromatic heterocycles. The lowest BCUT2D eigenvalue weighted by atomic mass is 10.2. The highest BCUT2D eigenvalue weighted by atomic mass is 16.5. The van der Waals surface area contributed by atoms with Gasteiger partial charge in [-0.3, -0.25) is 14.7 Å². The number of carbonyl (C=O) groups excluding carboxylic acids is 1. The Labute approximate surface area is 110 Å². The molecule has 0 N–H and O–H groups in total. The van der Waals surface area contributed by atoms with Crippen LogP contribution in [0, 0.1) is 5.92 Å². The fraction of sp³-hybridized carbons (Fsp3) is 0.714. The average molecular weight is 252 g/mol. The van der Waals surface area contributed by atoms with Gasteiger partial charge in [0.05, 0.1) is 0 Å². The number of hydrogen-bond acceptors (Lipinski definition) is 3. The first kappa shape index (κ1) is 14.7. The van der Waals surface area contributed by atoms with Crippen molar-refractivity contribution >= 4 is 12.1 Å². The third-order valence-corrected chi connectivity index (χ3v) is 2.72. The van der Waals surface area contributed by atoms with Crippen molar-refractivity contribution in [3.05, 3.63) is 11.5 Å². The monoisotopic (exact) mass is 252 g/mol. The molecule has 1 aliphatic heterocycles. The largest absolute Gasteiger partial charge is 0.469 e. The first-order valence-corrected chi connectivity index (χ1v) is 6.58. The summed E-state index contributed by atoms with van der Waals surface area (Å²) >= 11 is 0. The highest BCUT2D eigenvalue weighted by Crippen LogP contribution is 2.23. The third kappa shape index (κ3) is 3.86. The minimum Gasteiger partial charge on any atom is -0.469 e. The smallest absolute Gasteiger partial charge is 0.267 e. The van der Waals surface area contributed by atoms with E-state index < -0.39 is 0 Å². The van der Waals surface area contributed by atoms with Crippen LogP contribution in [0.5, 0.6) is 0 Å². The number of nitrogens with zero attached hydrogens (tertiary/aromatic N) is 2. The quantitative estimate of drug-likeness (QED) is 0.706. The Balaban J connectivity index is 2.64. The van der Waals surface area contributed by atoms with Gasteiger partial charge in [-0.15, -0.1) is 0 Å². The van der Waals surface area contributed by atoms with E-state index in [2.05, 4.69) is 18.8 Å². The molecule has 0 unspecified atom stereocenters. The topological polar surface area (TPSA) is 41.9 Å². The van der Waals surface area contributed by atoms with Gasteiger partial charge in [-0.25, -0.2) is 0 Å². The summed E-state index contributed by atoms with van der Waals surface area (Å²) in [4.78, 5) is 17.8. The second kappa shape index (κ2) is 6.57. The standard InChI is InChI=1S/C14H24N2O2/c1-10(2)8-15-7-6-12(5)14-16(11(3)4)13(17)9-18-14/h8,10-11H,6-7,9H2,1-5H3/b14-12+,15-8+. The van der Waals surface area contributed by atoms with Crippen LogP contribution in [0.1, 0.15) is 41.0 Å². The minimum absolute atomic E-state index is 0.0463. The molecule has 4 nitrogen and oxygen atoms in total. The number of hydrogen-bond donors (Lipinski definition) is 0. The van der Waals surface area contributed by atoms with E-state index in [1.807, 2.05) is 27.0 Å². The second-order valence-electron chi connectivity index (χ2n) is 5.28. The Kier molecular flexibility index (Phi) is 5.38. The predicted molar refractivity (Wildman–Crippen MR) is 73.4 cm³/mol. The van der Waals surface area contributed by atoms with Crippen LogP contribution in [0.2, 0.25) is 0 Å². The molecule has 1 heterocycles. The van der Waals surface area contributed by atoms with Crippen LogP contribution in [0.4, 0.5) is 0 Å². The summed E-state index contributed by atoms with van der Waals surface area (Å²) in [5.74, 6) is 1.26. The van der Waals surface area contributed by atoms with Crippen LogP contribution >= 0.6 is 0 Å². The Morgan fingerprint density at radius 1 is 1.44 bits per heavy atom. The van der Waals surface area contributed by atoms with Gasteiger partial charge in [-0.2, -0.15) is 0 Å². The zero-order chi connectivity index (χ0) is 13.7. The van der Waals surface area contributed by atoms with Crippen molar-refractivity contribution in [2.75, 3.05) is 13.2 Å². The Bertz CT molecular complexity index is 357. The maximum absolute atomic E-state index is 11.7. The van der Waals surface area contributed by atoms with E-state index in [9.17, 15) is 4.79 Å². The van der Waals surface area contributed by atoms with Gasteiger partial charge in [0.1, 0.15) is 0 Å². The summed E-state index contributed by atoms with van der Waals surface area (Å²) in [5, 5.41) is 0. The molecule has 0 atom stereocenters. The fourth-order valence-corrected chi connectivity index (χ4v) is 1.86. The van der Waals surface area contributed by atoms with Gasteiger partial charge in [0.25, 0.3) is 5.91 Å². The van der Waals surface area contributed by atoms with Gasteiger partial charge in [-0.05, 0) is 38.7 Å². The molecule has 4 heteroatoms. The van der Waals surface area contributed by atoms with E-state index in [1.165, 1.54) is 0 Å². The molecule has 1 amide bonds. The maximum atomic E-state index is 11.7. The molecule has 0 aliphatic carbocycles. The van der Waals surface area contributed by atoms with Crippen molar-refractivity contribution in [1.82, 2.24) is 4.90 Å². The summed E-state index contributed by atoms with van der Waals surface area (Å²) < 4.78 is 5.48. The summed E-state index contributed by atoms with van der Waals surface area (Å²) in [7, 11) is 0. The molecule has 0 aromatic carbocycles. The zero-order valence-electron chi connectivity index (χ0n) is 12.1. The van der Waals surface area contributed by atoms with Gasteiger partial charge in [0.15, 0.2) is 12.5 Å². The lowest BCUT2D eigenvalue weighted by Gasteiger charge is -2.21. The van der Waals surface area contributed by atoms with Gasteiger partial charge in [0, 0.05) is 18.8 Å². The van der Waals surface area contributed by atoms with Crippen LogP contribution < -0.4 is 0 Å². The molecule has 0 bridgehead atoms. The van der Waals surface area contributed by atoms with Crippen molar-refractivity contribution in [2.24, 2.45) is 10.9 Å². The predicted octanol–water partition coefficient (Wildman–Crippen LogP) is 2.60. The van der Waals surface area contributed by atoms with Crippen LogP contribution in [0.25, 0.3) is 0 Å². The Hall–Kier alpha value is -1.32. The first-order valence-electron chi connectivity index (χ1n) is 6.58. The van der Waals surface area contributed by atoms with Gasteiger partial charge < -0.3 is 4.74 Å². The van der Waals surface area contributed by atoms with Crippen LogP contribution in [0.3, 0.4) is 0 Å². The first-order chi connectivity index (χ1) is 8.43. The van der Waals surface area contributed by atoms with Gasteiger partial charge in [0.2, 0.25) is 0 Å². The van der Waals surface area contributed by atoms with E-state index in [0.717, 1.165) is 24.4 Å². The summed E-state index contributed by atoms with van der Waals surface area (Å²) in [6.07, 6.45) is 2.79. The molecule has 0 saturated carbocycles. The maximum Gasteiger partial charge on any atom is 0.267 e. The second-order valence-corrected chi connectivity index (χ2v) is 5.28. The zero-order valence-corrected chi connectivity index (χ0v) is 12.1. The molecule has 0 spiro atoms. The van der Waals surface area contributed by atoms with E-state index in [-0.39, 0.29) is 18.6 Å². The van der Waals surface area contributed by atoms with E-state index in [4.69, 9.17) is 4.74 Å². The Morgan fingerprint density at radius 2 is 2.11 bits per heavy atom. The Morgan fingerprint density at radius 3 is 2.67 bits per heavy atom. The van der Waals surface area contributed by atoms with Crippen molar-refractivity contribution < 1.29 is 9.53 Å². The minimum atomic E-state index is 0.0463. The highest BCUT2D eigenvalue weighted by Gasteiger charge is 2.30. The van der Waals surface area contributed by atoms with E-state index in [1.54, 1.807) is 4.90 Å². The number of aliphatic imine (C=N–C) groups is 1. The summed E-state index contributed by atoms with van der Waals surface area (Å²) in [6.45, 7) is 11.1.